The van der Waals surface area contributed by atoms with E-state index in [1.165, 1.54) is 70.3 Å². The minimum atomic E-state index is -1.76. The number of rotatable bonds is 16. The minimum Gasteiger partial charge on any atom is -0.474 e. The zero-order chi connectivity index (χ0) is 34.6. The van der Waals surface area contributed by atoms with Crippen molar-refractivity contribution >= 4 is 39.2 Å². The molecule has 2 aromatic rings. The summed E-state index contributed by atoms with van der Waals surface area (Å²) in [6.07, 6.45) is 18.1. The number of hydrogen-bond acceptors (Lipinski definition) is 5. The predicted molar refractivity (Wildman–Crippen MR) is 197 cm³/mol. The maximum Gasteiger partial charge on any atom is 0.303 e. The van der Waals surface area contributed by atoms with E-state index in [4.69, 9.17) is 13.6 Å². The normalized spacial score (nSPS) is 13.3. The molecule has 0 bridgehead atoms. The lowest BCUT2D eigenvalue weighted by Crippen LogP contribution is -2.49. The summed E-state index contributed by atoms with van der Waals surface area (Å²) in [7, 11) is -3.41. The number of furan rings is 2. The number of aldehydes is 1. The van der Waals surface area contributed by atoms with E-state index in [1.807, 2.05) is 13.2 Å². The summed E-state index contributed by atoms with van der Waals surface area (Å²) < 4.78 is 17.5. The highest BCUT2D eigenvalue weighted by Gasteiger charge is 2.42. The van der Waals surface area contributed by atoms with Crippen molar-refractivity contribution in [2.75, 3.05) is 0 Å². The molecule has 0 aliphatic carbocycles. The zero-order valence-corrected chi connectivity index (χ0v) is 33.6. The van der Waals surface area contributed by atoms with Crippen molar-refractivity contribution in [3.63, 3.8) is 0 Å². The third kappa shape index (κ3) is 11.7. The second kappa shape index (κ2) is 17.9. The van der Waals surface area contributed by atoms with Gasteiger partial charge in [-0.2, -0.15) is 0 Å². The Morgan fingerprint density at radius 2 is 1.18 bits per heavy atom. The SMILES string of the molecule is CCCCCCCCCCCCC(OC(C)=O)c1coc([Si](C)(C)C(C)(C)C)c1C.Cc1c(C=O)coc1[Si](C)(C)C(C)(C)C. The van der Waals surface area contributed by atoms with Crippen LogP contribution in [-0.4, -0.2) is 28.4 Å². The number of carbonyl (C=O) groups is 2. The van der Waals surface area contributed by atoms with Crippen molar-refractivity contribution in [2.24, 2.45) is 0 Å². The van der Waals surface area contributed by atoms with Gasteiger partial charge in [0.05, 0.1) is 22.6 Å². The molecule has 2 rings (SSSR count). The van der Waals surface area contributed by atoms with Crippen LogP contribution in [0.1, 0.15) is 159 Å². The molecule has 45 heavy (non-hydrogen) atoms. The molecule has 7 heteroatoms. The molecule has 5 nitrogen and oxygen atoms in total. The van der Waals surface area contributed by atoms with Gasteiger partial charge in [0, 0.05) is 12.5 Å². The molecule has 2 heterocycles. The van der Waals surface area contributed by atoms with Crippen molar-refractivity contribution in [1.29, 1.82) is 0 Å². The molecule has 258 valence electrons. The third-order valence-corrected chi connectivity index (χ3v) is 21.4. The van der Waals surface area contributed by atoms with Crippen LogP contribution in [0.25, 0.3) is 0 Å². The Hall–Kier alpha value is -1.87. The largest absolute Gasteiger partial charge is 0.474 e. The van der Waals surface area contributed by atoms with Crippen molar-refractivity contribution in [3.05, 3.63) is 34.8 Å². The third-order valence-electron chi connectivity index (χ3n) is 10.6. The topological polar surface area (TPSA) is 69.7 Å². The average Bonchev–Trinajstić information content (AvgIpc) is 3.50. The Labute approximate surface area is 278 Å². The van der Waals surface area contributed by atoms with E-state index in [0.717, 1.165) is 41.0 Å². The molecule has 0 aromatic carbocycles. The van der Waals surface area contributed by atoms with Gasteiger partial charge in [0.15, 0.2) is 6.29 Å². The Bertz CT molecular complexity index is 1170. The molecule has 0 aliphatic heterocycles. The van der Waals surface area contributed by atoms with Crippen molar-refractivity contribution in [1.82, 2.24) is 0 Å². The first-order chi connectivity index (χ1) is 20.7. The van der Waals surface area contributed by atoms with E-state index in [1.54, 1.807) is 6.26 Å². The summed E-state index contributed by atoms with van der Waals surface area (Å²) in [6.45, 7) is 30.8. The predicted octanol–water partition coefficient (Wildman–Crippen LogP) is 11.3. The van der Waals surface area contributed by atoms with E-state index in [-0.39, 0.29) is 22.1 Å². The van der Waals surface area contributed by atoms with Gasteiger partial charge in [-0.25, -0.2) is 0 Å². The van der Waals surface area contributed by atoms with Crippen LogP contribution in [0.3, 0.4) is 0 Å². The number of carbonyl (C=O) groups excluding carboxylic acids is 2. The van der Waals surface area contributed by atoms with Gasteiger partial charge in [-0.3, -0.25) is 9.59 Å². The number of hydrogen-bond donors (Lipinski definition) is 0. The van der Waals surface area contributed by atoms with Gasteiger partial charge in [0.25, 0.3) is 0 Å². The lowest BCUT2D eigenvalue weighted by molar-refractivity contribution is -0.147. The minimum absolute atomic E-state index is 0.182. The van der Waals surface area contributed by atoms with Gasteiger partial charge in [0.2, 0.25) is 0 Å². The first-order valence-corrected chi connectivity index (χ1v) is 23.5. The monoisotopic (exact) mass is 660 g/mol. The second-order valence-corrected chi connectivity index (χ2v) is 26.6. The van der Waals surface area contributed by atoms with Gasteiger partial charge in [-0.15, -0.1) is 0 Å². The fraction of sp³-hybridized carbons (Fsp3) is 0.737. The van der Waals surface area contributed by atoms with Crippen LogP contribution in [0.2, 0.25) is 36.3 Å². The molecule has 1 atom stereocenters. The van der Waals surface area contributed by atoms with E-state index < -0.39 is 16.1 Å². The van der Waals surface area contributed by atoms with E-state index in [2.05, 4.69) is 81.6 Å². The molecule has 0 N–H and O–H groups in total. The first kappa shape index (κ1) is 41.2. The Kier molecular flexibility index (Phi) is 16.4. The molecule has 0 aliphatic rings. The van der Waals surface area contributed by atoms with Crippen molar-refractivity contribution in [3.8, 4) is 0 Å². The first-order valence-electron chi connectivity index (χ1n) is 17.5. The van der Waals surface area contributed by atoms with E-state index in [9.17, 15) is 9.59 Å². The van der Waals surface area contributed by atoms with E-state index in [0.29, 0.717) is 5.56 Å². The average molecular weight is 661 g/mol. The molecule has 0 amide bonds. The molecule has 2 aromatic heterocycles. The summed E-state index contributed by atoms with van der Waals surface area (Å²) in [5.41, 5.74) is 3.98. The fourth-order valence-electron chi connectivity index (χ4n) is 5.50. The lowest BCUT2D eigenvalue weighted by Gasteiger charge is -2.35. The fourth-order valence-corrected chi connectivity index (χ4v) is 9.74. The van der Waals surface area contributed by atoms with Crippen LogP contribution in [0, 0.1) is 13.8 Å². The highest BCUT2D eigenvalue weighted by atomic mass is 28.3. The van der Waals surface area contributed by atoms with Crippen molar-refractivity contribution < 1.29 is 23.2 Å². The maximum atomic E-state index is 11.7. The van der Waals surface area contributed by atoms with Crippen molar-refractivity contribution in [2.45, 2.75) is 182 Å². The van der Waals surface area contributed by atoms with Gasteiger partial charge >= 0.3 is 5.97 Å². The van der Waals surface area contributed by atoms with Crippen LogP contribution < -0.4 is 10.8 Å². The zero-order valence-electron chi connectivity index (χ0n) is 31.6. The molecular formula is C38H68O5Si2. The molecule has 0 spiro atoms. The summed E-state index contributed by atoms with van der Waals surface area (Å²) >= 11 is 0. The Morgan fingerprint density at radius 1 is 0.756 bits per heavy atom. The highest BCUT2D eigenvalue weighted by Crippen LogP contribution is 2.38. The van der Waals surface area contributed by atoms with Gasteiger partial charge in [-0.1, -0.05) is 132 Å². The van der Waals surface area contributed by atoms with Gasteiger partial charge < -0.3 is 13.6 Å². The number of unbranched alkanes of at least 4 members (excludes halogenated alkanes) is 9. The molecule has 0 radical (unpaired) electrons. The highest BCUT2D eigenvalue weighted by molar-refractivity contribution is 6.92. The molecule has 1 unspecified atom stereocenters. The van der Waals surface area contributed by atoms with Gasteiger partial charge in [-0.05, 0) is 47.9 Å². The summed E-state index contributed by atoms with van der Waals surface area (Å²) in [5.74, 6) is -0.207. The standard InChI is InChI=1S/C26H48O3Si.C12H20O2Si/c1-9-10-11-12-13-14-15-16-17-18-19-24(29-22(3)27)23-20-28-25(21(23)2)30(7,8)26(4,5)6;1-9-10(7-13)8-14-11(9)15(5,6)12(2,3)4/h20,24H,9-19H2,1-8H3;7-8H,1-6H3. The summed E-state index contributed by atoms with van der Waals surface area (Å²) in [4.78, 5) is 22.5. The molecular weight excluding hydrogens is 593 g/mol. The number of esters is 1. The van der Waals surface area contributed by atoms with E-state index >= 15 is 0 Å². The summed E-state index contributed by atoms with van der Waals surface area (Å²) in [5, 5.41) is 2.64. The Morgan fingerprint density at radius 3 is 1.58 bits per heavy atom. The van der Waals surface area contributed by atoms with Crippen LogP contribution >= 0.6 is 0 Å². The molecule has 0 saturated carbocycles. The maximum absolute atomic E-state index is 11.7. The van der Waals surface area contributed by atoms with Crippen LogP contribution in [-0.2, 0) is 9.53 Å². The number of ether oxygens (including phenoxy) is 1. The second-order valence-electron chi connectivity index (χ2n) is 16.2. The van der Waals surface area contributed by atoms with Crippen LogP contribution in [0.15, 0.2) is 21.4 Å². The molecule has 0 fully saturated rings. The van der Waals surface area contributed by atoms with Gasteiger partial charge in [0.1, 0.15) is 28.5 Å². The quantitative estimate of drug-likeness (QED) is 0.0775. The Balaban J connectivity index is 0.000000562. The smallest absolute Gasteiger partial charge is 0.303 e. The molecule has 0 saturated heterocycles. The van der Waals surface area contributed by atoms with Crippen LogP contribution in [0.5, 0.6) is 0 Å². The van der Waals surface area contributed by atoms with Crippen LogP contribution in [0.4, 0.5) is 0 Å². The summed E-state index contributed by atoms with van der Waals surface area (Å²) in [6, 6.07) is 0. The lowest BCUT2D eigenvalue weighted by atomic mass is 10.0.